The van der Waals surface area contributed by atoms with Gasteiger partial charge in [-0.15, -0.1) is 0 Å². The first-order chi connectivity index (χ1) is 16.7. The lowest BCUT2D eigenvalue weighted by atomic mass is 10.1. The Morgan fingerprint density at radius 2 is 1.69 bits per heavy atom. The van der Waals surface area contributed by atoms with Crippen LogP contribution in [0.2, 0.25) is 0 Å². The molecule has 1 aromatic heterocycles. The van der Waals surface area contributed by atoms with Crippen molar-refractivity contribution in [2.45, 2.75) is 53.0 Å². The van der Waals surface area contributed by atoms with Gasteiger partial charge in [0.25, 0.3) is 5.91 Å². The normalized spacial score (nSPS) is 11.6. The third-order valence-electron chi connectivity index (χ3n) is 5.74. The van der Waals surface area contributed by atoms with E-state index in [2.05, 4.69) is 20.9 Å². The number of carbonyl (C=O) groups excluding carboxylic acids is 3. The van der Waals surface area contributed by atoms with Crippen molar-refractivity contribution in [3.63, 3.8) is 0 Å². The first-order valence-corrected chi connectivity index (χ1v) is 11.7. The second-order valence-electron chi connectivity index (χ2n) is 8.62. The molecule has 0 bridgehead atoms. The van der Waals surface area contributed by atoms with Gasteiger partial charge in [-0.05, 0) is 50.5 Å². The summed E-state index contributed by atoms with van der Waals surface area (Å²) in [5, 5.41) is 9.14. The number of hydrogen-bond acceptors (Lipinski definition) is 5. The highest BCUT2D eigenvalue weighted by Crippen LogP contribution is 2.24. The Balaban J connectivity index is 1.92. The highest BCUT2D eigenvalue weighted by molar-refractivity contribution is 6.08. The SMILES string of the molecule is CCCC[C@H](NC(=O)c1nc2ccccc2cc1NC(=O)Nc1c(C)cc(C)cc1C)C(=O)OC. The van der Waals surface area contributed by atoms with Gasteiger partial charge < -0.3 is 20.7 Å². The van der Waals surface area contributed by atoms with Crippen molar-refractivity contribution < 1.29 is 19.1 Å². The van der Waals surface area contributed by atoms with Gasteiger partial charge in [-0.1, -0.05) is 55.7 Å². The number of rotatable bonds is 8. The molecule has 0 aliphatic carbocycles. The van der Waals surface area contributed by atoms with Gasteiger partial charge in [0.05, 0.1) is 18.3 Å². The molecule has 1 heterocycles. The number of pyridine rings is 1. The second-order valence-corrected chi connectivity index (χ2v) is 8.62. The summed E-state index contributed by atoms with van der Waals surface area (Å²) < 4.78 is 4.85. The van der Waals surface area contributed by atoms with Crippen molar-refractivity contribution >= 4 is 40.2 Å². The van der Waals surface area contributed by atoms with E-state index < -0.39 is 23.9 Å². The summed E-state index contributed by atoms with van der Waals surface area (Å²) in [4.78, 5) is 42.9. The summed E-state index contributed by atoms with van der Waals surface area (Å²) in [6.45, 7) is 7.85. The fourth-order valence-electron chi connectivity index (χ4n) is 4.05. The number of nitrogens with one attached hydrogen (secondary N) is 3. The van der Waals surface area contributed by atoms with Crippen molar-refractivity contribution in [1.82, 2.24) is 10.3 Å². The van der Waals surface area contributed by atoms with E-state index in [0.717, 1.165) is 34.9 Å². The summed E-state index contributed by atoms with van der Waals surface area (Å²) in [5.74, 6) is -1.09. The highest BCUT2D eigenvalue weighted by atomic mass is 16.5. The highest BCUT2D eigenvalue weighted by Gasteiger charge is 2.25. The molecule has 184 valence electrons. The number of fused-ring (bicyclic) bond motifs is 1. The number of carbonyl (C=O) groups is 3. The number of ether oxygens (including phenoxy) is 1. The number of nitrogens with zero attached hydrogens (tertiary/aromatic N) is 1. The lowest BCUT2D eigenvalue weighted by Gasteiger charge is -2.18. The zero-order chi connectivity index (χ0) is 25.5. The van der Waals surface area contributed by atoms with Crippen molar-refractivity contribution in [2.24, 2.45) is 0 Å². The van der Waals surface area contributed by atoms with Gasteiger partial charge in [-0.3, -0.25) is 4.79 Å². The number of para-hydroxylation sites is 1. The van der Waals surface area contributed by atoms with Crippen molar-refractivity contribution in [3.8, 4) is 0 Å². The lowest BCUT2D eigenvalue weighted by Crippen LogP contribution is -2.42. The second kappa shape index (κ2) is 11.5. The number of hydrogen-bond donors (Lipinski definition) is 3. The fourth-order valence-corrected chi connectivity index (χ4v) is 4.05. The summed E-state index contributed by atoms with van der Waals surface area (Å²) >= 11 is 0. The third kappa shape index (κ3) is 6.35. The van der Waals surface area contributed by atoms with Crippen molar-refractivity contribution in [1.29, 1.82) is 0 Å². The van der Waals surface area contributed by atoms with E-state index in [1.165, 1.54) is 7.11 Å². The van der Waals surface area contributed by atoms with E-state index in [0.29, 0.717) is 17.6 Å². The largest absolute Gasteiger partial charge is 0.467 e. The minimum absolute atomic E-state index is 0.0154. The van der Waals surface area contributed by atoms with Crippen LogP contribution in [0.5, 0.6) is 0 Å². The maximum atomic E-state index is 13.2. The van der Waals surface area contributed by atoms with Crippen LogP contribution in [0.1, 0.15) is 53.4 Å². The number of anilines is 2. The number of methoxy groups -OCH3 is 1. The van der Waals surface area contributed by atoms with Crippen LogP contribution in [0.15, 0.2) is 42.5 Å². The zero-order valence-corrected chi connectivity index (χ0v) is 20.8. The van der Waals surface area contributed by atoms with Gasteiger partial charge in [0, 0.05) is 11.1 Å². The minimum Gasteiger partial charge on any atom is -0.467 e. The molecule has 1 atom stereocenters. The van der Waals surface area contributed by atoms with Crippen molar-refractivity contribution in [3.05, 3.63) is 64.8 Å². The molecule has 8 heteroatoms. The lowest BCUT2D eigenvalue weighted by molar-refractivity contribution is -0.143. The molecule has 0 radical (unpaired) electrons. The summed E-state index contributed by atoms with van der Waals surface area (Å²) in [7, 11) is 1.29. The van der Waals surface area contributed by atoms with Crippen LogP contribution in [0.25, 0.3) is 10.9 Å². The van der Waals surface area contributed by atoms with Crippen LogP contribution in [0, 0.1) is 20.8 Å². The number of aryl methyl sites for hydroxylation is 3. The van der Waals surface area contributed by atoms with Crippen LogP contribution in [-0.4, -0.2) is 36.0 Å². The van der Waals surface area contributed by atoms with Gasteiger partial charge in [-0.2, -0.15) is 0 Å². The van der Waals surface area contributed by atoms with Gasteiger partial charge >= 0.3 is 12.0 Å². The monoisotopic (exact) mass is 476 g/mol. The Kier molecular flexibility index (Phi) is 8.41. The van der Waals surface area contributed by atoms with Gasteiger partial charge in [0.15, 0.2) is 5.69 Å². The Hall–Kier alpha value is -3.94. The van der Waals surface area contributed by atoms with Crippen LogP contribution < -0.4 is 16.0 Å². The number of urea groups is 1. The molecular formula is C27H32N4O4. The minimum atomic E-state index is -0.805. The molecule has 0 fully saturated rings. The maximum Gasteiger partial charge on any atom is 0.328 e. The number of unbranched alkanes of at least 4 members (excludes halogenated alkanes) is 1. The fraction of sp³-hybridized carbons (Fsp3) is 0.333. The van der Waals surface area contributed by atoms with Crippen molar-refractivity contribution in [2.75, 3.05) is 17.7 Å². The smallest absolute Gasteiger partial charge is 0.328 e. The molecule has 0 unspecified atom stereocenters. The van der Waals surface area contributed by atoms with E-state index in [1.807, 2.05) is 58.0 Å². The summed E-state index contributed by atoms with van der Waals surface area (Å²) in [5.41, 5.74) is 4.53. The van der Waals surface area contributed by atoms with Crippen LogP contribution >= 0.6 is 0 Å². The molecule has 3 rings (SSSR count). The molecule has 0 spiro atoms. The quantitative estimate of drug-likeness (QED) is 0.384. The van der Waals surface area contributed by atoms with Crippen LogP contribution in [0.3, 0.4) is 0 Å². The first-order valence-electron chi connectivity index (χ1n) is 11.7. The average molecular weight is 477 g/mol. The molecule has 0 aliphatic heterocycles. The predicted molar refractivity (Wildman–Crippen MR) is 138 cm³/mol. The molecular weight excluding hydrogens is 444 g/mol. The molecule has 3 amide bonds. The molecule has 2 aromatic carbocycles. The van der Waals surface area contributed by atoms with Gasteiger partial charge in [-0.25, -0.2) is 14.6 Å². The Bertz CT molecular complexity index is 1230. The van der Waals surface area contributed by atoms with E-state index in [-0.39, 0.29) is 11.4 Å². The summed E-state index contributed by atoms with van der Waals surface area (Å²) in [6.07, 6.45) is 2.05. The average Bonchev–Trinajstić information content (AvgIpc) is 2.82. The Labute approximate surface area is 205 Å². The molecule has 3 aromatic rings. The van der Waals surface area contributed by atoms with E-state index in [1.54, 1.807) is 12.1 Å². The predicted octanol–water partition coefficient (Wildman–Crippen LogP) is 5.27. The summed E-state index contributed by atoms with van der Waals surface area (Å²) in [6, 6.07) is 11.7. The number of benzene rings is 2. The van der Waals surface area contributed by atoms with Gasteiger partial charge in [0.1, 0.15) is 6.04 Å². The van der Waals surface area contributed by atoms with E-state index >= 15 is 0 Å². The van der Waals surface area contributed by atoms with Gasteiger partial charge in [0.2, 0.25) is 0 Å². The molecule has 8 nitrogen and oxygen atoms in total. The van der Waals surface area contributed by atoms with E-state index in [9.17, 15) is 14.4 Å². The number of esters is 1. The maximum absolute atomic E-state index is 13.2. The Morgan fingerprint density at radius 1 is 1.00 bits per heavy atom. The van der Waals surface area contributed by atoms with Crippen LogP contribution in [-0.2, 0) is 9.53 Å². The Morgan fingerprint density at radius 3 is 2.34 bits per heavy atom. The zero-order valence-electron chi connectivity index (χ0n) is 20.8. The van der Waals surface area contributed by atoms with E-state index in [4.69, 9.17) is 4.74 Å². The molecule has 3 N–H and O–H groups in total. The topological polar surface area (TPSA) is 109 Å². The number of aromatic nitrogens is 1. The third-order valence-corrected chi connectivity index (χ3v) is 5.74. The molecule has 0 saturated carbocycles. The number of amides is 3. The molecule has 35 heavy (non-hydrogen) atoms. The molecule has 0 aliphatic rings. The first kappa shape index (κ1) is 25.7. The van der Waals surface area contributed by atoms with Crippen LogP contribution in [0.4, 0.5) is 16.2 Å². The standard InChI is InChI=1S/C27H32N4O4/c1-6-7-11-21(26(33)35-5)29-25(32)24-22(15-19-10-8-9-12-20(19)28-24)30-27(34)31-23-17(3)13-16(2)14-18(23)4/h8-10,12-15,21H,6-7,11H2,1-5H3,(H,29,32)(H2,30,31,34)/t21-/m0/s1. The molecule has 0 saturated heterocycles.